The van der Waals surface area contributed by atoms with Gasteiger partial charge in [0.15, 0.2) is 0 Å². The third-order valence-electron chi connectivity index (χ3n) is 4.45. The number of para-hydroxylation sites is 2. The van der Waals surface area contributed by atoms with E-state index in [1.165, 1.54) is 0 Å². The van der Waals surface area contributed by atoms with Gasteiger partial charge >= 0.3 is 6.03 Å². The van der Waals surface area contributed by atoms with Gasteiger partial charge in [0.25, 0.3) is 0 Å². The molecule has 0 aliphatic carbocycles. The number of aromatic amines is 1. The molecular formula is C19H21ClN6O. The second-order valence-corrected chi connectivity index (χ2v) is 7.41. The first kappa shape index (κ1) is 17.6. The minimum Gasteiger partial charge on any atom is -0.352 e. The number of carbonyl (C=O) groups is 1. The number of benzene rings is 1. The molecule has 0 unspecified atom stereocenters. The number of aromatic nitrogens is 3. The molecular weight excluding hydrogens is 364 g/mol. The zero-order valence-corrected chi connectivity index (χ0v) is 15.9. The number of fused-ring (bicyclic) bond motifs is 1. The molecule has 8 heteroatoms. The summed E-state index contributed by atoms with van der Waals surface area (Å²) in [7, 11) is 0. The Morgan fingerprint density at radius 2 is 2.11 bits per heavy atom. The quantitative estimate of drug-likeness (QED) is 0.644. The van der Waals surface area contributed by atoms with E-state index in [1.54, 1.807) is 6.20 Å². The summed E-state index contributed by atoms with van der Waals surface area (Å²) in [5.41, 5.74) is 2.67. The van der Waals surface area contributed by atoms with Crippen LogP contribution in [0.15, 0.2) is 36.5 Å². The summed E-state index contributed by atoms with van der Waals surface area (Å²) >= 11 is 6.36. The lowest BCUT2D eigenvalue weighted by Gasteiger charge is -2.40. The average Bonchev–Trinajstić information content (AvgIpc) is 3.01. The second-order valence-electron chi connectivity index (χ2n) is 7.00. The van der Waals surface area contributed by atoms with Crippen LogP contribution in [0.1, 0.15) is 13.8 Å². The first-order valence-corrected chi connectivity index (χ1v) is 9.30. The molecule has 0 atom stereocenters. The fraction of sp³-hybridized carbons (Fsp3) is 0.316. The maximum atomic E-state index is 11.8. The van der Waals surface area contributed by atoms with Crippen LogP contribution >= 0.6 is 11.6 Å². The van der Waals surface area contributed by atoms with E-state index in [-0.39, 0.29) is 18.1 Å². The maximum Gasteiger partial charge on any atom is 0.315 e. The van der Waals surface area contributed by atoms with Crippen LogP contribution in [0.2, 0.25) is 5.02 Å². The zero-order chi connectivity index (χ0) is 19.0. The van der Waals surface area contributed by atoms with E-state index in [0.717, 1.165) is 28.2 Å². The molecule has 7 nitrogen and oxygen atoms in total. The lowest BCUT2D eigenvalue weighted by atomic mass is 10.1. The largest absolute Gasteiger partial charge is 0.352 e. The molecule has 2 aromatic heterocycles. The number of imidazole rings is 1. The number of pyridine rings is 1. The van der Waals surface area contributed by atoms with Gasteiger partial charge in [-0.3, -0.25) is 0 Å². The van der Waals surface area contributed by atoms with E-state index < -0.39 is 0 Å². The number of nitrogens with one attached hydrogen (secondary N) is 3. The molecule has 1 aliphatic heterocycles. The Labute approximate surface area is 162 Å². The summed E-state index contributed by atoms with van der Waals surface area (Å²) in [6.45, 7) is 5.28. The molecule has 3 N–H and O–H groups in total. The summed E-state index contributed by atoms with van der Waals surface area (Å²) in [6, 6.07) is 9.88. The smallest absolute Gasteiger partial charge is 0.315 e. The SMILES string of the molecule is CC(C)NC(=O)NC1CN(c2cc(-c3nc4ccccc4[nH]3)c(Cl)cn2)C1. The van der Waals surface area contributed by atoms with Crippen LogP contribution in [0.5, 0.6) is 0 Å². The Balaban J connectivity index is 1.48. The van der Waals surface area contributed by atoms with Crippen LogP contribution < -0.4 is 15.5 Å². The van der Waals surface area contributed by atoms with E-state index >= 15 is 0 Å². The van der Waals surface area contributed by atoms with E-state index in [0.29, 0.717) is 18.1 Å². The van der Waals surface area contributed by atoms with Crippen molar-refractivity contribution < 1.29 is 4.79 Å². The van der Waals surface area contributed by atoms with Gasteiger partial charge in [0.1, 0.15) is 11.6 Å². The van der Waals surface area contributed by atoms with Gasteiger partial charge in [-0.15, -0.1) is 0 Å². The van der Waals surface area contributed by atoms with Crippen molar-refractivity contribution in [2.45, 2.75) is 25.9 Å². The zero-order valence-electron chi connectivity index (χ0n) is 15.2. The van der Waals surface area contributed by atoms with Gasteiger partial charge in [0.2, 0.25) is 0 Å². The van der Waals surface area contributed by atoms with Crippen LogP contribution in [-0.2, 0) is 0 Å². The third kappa shape index (κ3) is 3.68. The number of halogens is 1. The topological polar surface area (TPSA) is 85.9 Å². The van der Waals surface area contributed by atoms with Crippen molar-refractivity contribution in [2.24, 2.45) is 0 Å². The minimum atomic E-state index is -0.137. The molecule has 0 radical (unpaired) electrons. The molecule has 140 valence electrons. The molecule has 0 spiro atoms. The van der Waals surface area contributed by atoms with Crippen molar-refractivity contribution >= 4 is 34.5 Å². The van der Waals surface area contributed by atoms with Crippen LogP contribution in [0.4, 0.5) is 10.6 Å². The number of hydrogen-bond donors (Lipinski definition) is 3. The minimum absolute atomic E-state index is 0.107. The van der Waals surface area contributed by atoms with E-state index in [4.69, 9.17) is 11.6 Å². The number of H-pyrrole nitrogens is 1. The van der Waals surface area contributed by atoms with Crippen molar-refractivity contribution in [3.63, 3.8) is 0 Å². The molecule has 1 aromatic carbocycles. The Hall–Kier alpha value is -2.80. The molecule has 27 heavy (non-hydrogen) atoms. The first-order valence-electron chi connectivity index (χ1n) is 8.92. The van der Waals surface area contributed by atoms with Crippen LogP contribution in [0.25, 0.3) is 22.4 Å². The normalized spacial score (nSPS) is 14.4. The first-order chi connectivity index (χ1) is 13.0. The van der Waals surface area contributed by atoms with Crippen molar-refractivity contribution in [3.8, 4) is 11.4 Å². The van der Waals surface area contributed by atoms with Gasteiger partial charge in [-0.2, -0.15) is 0 Å². The van der Waals surface area contributed by atoms with Crippen molar-refractivity contribution in [1.29, 1.82) is 0 Å². The molecule has 3 aromatic rings. The van der Waals surface area contributed by atoms with Crippen LogP contribution in [0, 0.1) is 0 Å². The number of rotatable bonds is 4. The summed E-state index contributed by atoms with van der Waals surface area (Å²) in [4.78, 5) is 26.2. The van der Waals surface area contributed by atoms with Crippen LogP contribution in [-0.4, -0.2) is 46.2 Å². The standard InChI is InChI=1S/C19H21ClN6O/c1-11(2)22-19(27)23-12-9-26(10-12)17-7-13(14(20)8-21-17)18-24-15-5-3-4-6-16(15)25-18/h3-8,11-12H,9-10H2,1-2H3,(H,24,25)(H2,22,23,27). The summed E-state index contributed by atoms with van der Waals surface area (Å²) in [5, 5.41) is 6.34. The van der Waals surface area contributed by atoms with Gasteiger partial charge in [0, 0.05) is 30.9 Å². The Morgan fingerprint density at radius 1 is 1.33 bits per heavy atom. The van der Waals surface area contributed by atoms with Gasteiger partial charge in [-0.05, 0) is 32.0 Å². The Kier molecular flexibility index (Phi) is 4.61. The van der Waals surface area contributed by atoms with Gasteiger partial charge in [-0.25, -0.2) is 14.8 Å². The van der Waals surface area contributed by atoms with Gasteiger partial charge in [0.05, 0.1) is 22.1 Å². The van der Waals surface area contributed by atoms with Crippen molar-refractivity contribution in [1.82, 2.24) is 25.6 Å². The highest BCUT2D eigenvalue weighted by Crippen LogP contribution is 2.31. The lowest BCUT2D eigenvalue weighted by molar-refractivity contribution is 0.232. The molecule has 4 rings (SSSR count). The number of carbonyl (C=O) groups excluding carboxylic acids is 1. The molecule has 1 saturated heterocycles. The Morgan fingerprint density at radius 3 is 2.85 bits per heavy atom. The fourth-order valence-corrected chi connectivity index (χ4v) is 3.30. The summed E-state index contributed by atoms with van der Waals surface area (Å²) in [6.07, 6.45) is 1.64. The molecule has 0 saturated carbocycles. The van der Waals surface area contributed by atoms with Gasteiger partial charge in [-0.1, -0.05) is 23.7 Å². The molecule has 1 aliphatic rings. The predicted octanol–water partition coefficient (Wildman–Crippen LogP) is 3.17. The summed E-state index contributed by atoms with van der Waals surface area (Å²) < 4.78 is 0. The maximum absolute atomic E-state index is 11.8. The highest BCUT2D eigenvalue weighted by Gasteiger charge is 2.29. The fourth-order valence-electron chi connectivity index (χ4n) is 3.11. The van der Waals surface area contributed by atoms with E-state index in [9.17, 15) is 4.79 Å². The summed E-state index contributed by atoms with van der Waals surface area (Å²) in [5.74, 6) is 1.54. The Bertz CT molecular complexity index is 946. The molecule has 1 fully saturated rings. The highest BCUT2D eigenvalue weighted by molar-refractivity contribution is 6.33. The van der Waals surface area contributed by atoms with Gasteiger partial charge < -0.3 is 20.5 Å². The number of urea groups is 1. The van der Waals surface area contributed by atoms with Crippen molar-refractivity contribution in [2.75, 3.05) is 18.0 Å². The molecule has 2 amide bonds. The number of nitrogens with zero attached hydrogens (tertiary/aromatic N) is 3. The molecule has 3 heterocycles. The number of amides is 2. The highest BCUT2D eigenvalue weighted by atomic mass is 35.5. The average molecular weight is 385 g/mol. The number of hydrogen-bond acceptors (Lipinski definition) is 4. The third-order valence-corrected chi connectivity index (χ3v) is 4.75. The van der Waals surface area contributed by atoms with Crippen LogP contribution in [0.3, 0.4) is 0 Å². The monoisotopic (exact) mass is 384 g/mol. The van der Waals surface area contributed by atoms with E-state index in [1.807, 2.05) is 44.2 Å². The second kappa shape index (κ2) is 7.08. The molecule has 0 bridgehead atoms. The number of anilines is 1. The van der Waals surface area contributed by atoms with Crippen molar-refractivity contribution in [3.05, 3.63) is 41.6 Å². The lowest BCUT2D eigenvalue weighted by Crippen LogP contribution is -2.61. The van der Waals surface area contributed by atoms with E-state index in [2.05, 4.69) is 30.5 Å². The predicted molar refractivity (Wildman–Crippen MR) is 107 cm³/mol.